The Morgan fingerprint density at radius 2 is 2.25 bits per heavy atom. The molecule has 1 unspecified atom stereocenters. The maximum atomic E-state index is 13.3. The quantitative estimate of drug-likeness (QED) is 0.797. The molecule has 1 aromatic rings. The highest BCUT2D eigenvalue weighted by molar-refractivity contribution is 7.89. The summed E-state index contributed by atoms with van der Waals surface area (Å²) in [5.74, 6) is -0.426. The van der Waals surface area contributed by atoms with Crippen LogP contribution < -0.4 is 10.5 Å². The highest BCUT2D eigenvalue weighted by Crippen LogP contribution is 2.21. The number of nitrogens with one attached hydrogen (secondary N) is 1. The largest absolute Gasteiger partial charge is 0.395 e. The summed E-state index contributed by atoms with van der Waals surface area (Å²) in [7, 11) is -3.76. The number of rotatable bonds is 5. The minimum absolute atomic E-state index is 0.192. The van der Waals surface area contributed by atoms with Crippen LogP contribution in [0.15, 0.2) is 23.1 Å². The second-order valence-electron chi connectivity index (χ2n) is 5.05. The molecule has 20 heavy (non-hydrogen) atoms. The molecule has 1 saturated heterocycles. The lowest BCUT2D eigenvalue weighted by molar-refractivity contribution is 0.342. The Labute approximate surface area is 119 Å². The maximum Gasteiger partial charge on any atom is 0.242 e. The summed E-state index contributed by atoms with van der Waals surface area (Å²) in [6, 6.07) is 3.80. The molecule has 1 heterocycles. The van der Waals surface area contributed by atoms with Gasteiger partial charge < -0.3 is 10.6 Å². The van der Waals surface area contributed by atoms with Crippen LogP contribution >= 0.6 is 0 Å². The predicted molar refractivity (Wildman–Crippen MR) is 76.2 cm³/mol. The molecule has 0 aromatic heterocycles. The second-order valence-corrected chi connectivity index (χ2v) is 6.79. The molecule has 1 atom stereocenters. The lowest BCUT2D eigenvalue weighted by atomic mass is 10.1. The third-order valence-electron chi connectivity index (χ3n) is 3.68. The van der Waals surface area contributed by atoms with E-state index in [4.69, 9.17) is 5.73 Å². The Balaban J connectivity index is 2.03. The van der Waals surface area contributed by atoms with Crippen LogP contribution in [-0.2, 0) is 10.0 Å². The van der Waals surface area contributed by atoms with Crippen molar-refractivity contribution in [2.75, 3.05) is 31.9 Å². The Bertz CT molecular complexity index is 577. The lowest BCUT2D eigenvalue weighted by Crippen LogP contribution is -2.31. The summed E-state index contributed by atoms with van der Waals surface area (Å²) in [6.45, 7) is 5.29. The van der Waals surface area contributed by atoms with Crippen molar-refractivity contribution in [2.45, 2.75) is 18.2 Å². The standard InChI is InChI=1S/C13H20FN3O2S/c1-2-17-7-6-10(9-17)8-16-20(18,19)12-5-3-4-11(14)13(12)15/h3-5,10,16H,2,6-9,15H2,1H3. The molecular weight excluding hydrogens is 281 g/mol. The van der Waals surface area contributed by atoms with Gasteiger partial charge in [0, 0.05) is 13.1 Å². The molecule has 1 aliphatic rings. The number of halogens is 1. The van der Waals surface area contributed by atoms with Gasteiger partial charge in [-0.1, -0.05) is 13.0 Å². The van der Waals surface area contributed by atoms with E-state index in [-0.39, 0.29) is 10.6 Å². The van der Waals surface area contributed by atoms with E-state index in [1.54, 1.807) is 0 Å². The van der Waals surface area contributed by atoms with Gasteiger partial charge in [-0.25, -0.2) is 17.5 Å². The van der Waals surface area contributed by atoms with Crippen molar-refractivity contribution in [3.63, 3.8) is 0 Å². The van der Waals surface area contributed by atoms with Gasteiger partial charge in [0.15, 0.2) is 0 Å². The molecule has 0 spiro atoms. The van der Waals surface area contributed by atoms with Gasteiger partial charge in [-0.3, -0.25) is 0 Å². The van der Waals surface area contributed by atoms with Gasteiger partial charge in [0.05, 0.1) is 5.69 Å². The first-order valence-corrected chi connectivity index (χ1v) is 8.18. The van der Waals surface area contributed by atoms with E-state index >= 15 is 0 Å². The third kappa shape index (κ3) is 3.28. The number of para-hydroxylation sites is 1. The average molecular weight is 301 g/mol. The number of nitrogens with two attached hydrogens (primary N) is 1. The van der Waals surface area contributed by atoms with Crippen LogP contribution in [0.1, 0.15) is 13.3 Å². The highest BCUT2D eigenvalue weighted by atomic mass is 32.2. The number of nitrogens with zero attached hydrogens (tertiary/aromatic N) is 1. The number of benzene rings is 1. The van der Waals surface area contributed by atoms with E-state index in [9.17, 15) is 12.8 Å². The molecule has 1 aromatic carbocycles. The Kier molecular flexibility index (Phi) is 4.62. The molecule has 1 aliphatic heterocycles. The lowest BCUT2D eigenvalue weighted by Gasteiger charge is -2.14. The number of anilines is 1. The first-order valence-electron chi connectivity index (χ1n) is 6.70. The predicted octanol–water partition coefficient (Wildman–Crippen LogP) is 1.03. The molecule has 0 saturated carbocycles. The Morgan fingerprint density at radius 1 is 1.50 bits per heavy atom. The summed E-state index contributed by atoms with van der Waals surface area (Å²) in [4.78, 5) is 2.08. The van der Waals surface area contributed by atoms with Gasteiger partial charge in [0.25, 0.3) is 0 Å². The number of hydrogen-bond donors (Lipinski definition) is 2. The average Bonchev–Trinajstić information content (AvgIpc) is 2.87. The van der Waals surface area contributed by atoms with Gasteiger partial charge >= 0.3 is 0 Å². The van der Waals surface area contributed by atoms with Crippen LogP contribution in [0.5, 0.6) is 0 Å². The van der Waals surface area contributed by atoms with Crippen molar-refractivity contribution in [1.29, 1.82) is 0 Å². The fraction of sp³-hybridized carbons (Fsp3) is 0.538. The third-order valence-corrected chi connectivity index (χ3v) is 5.16. The maximum absolute atomic E-state index is 13.3. The van der Waals surface area contributed by atoms with E-state index in [0.717, 1.165) is 32.1 Å². The van der Waals surface area contributed by atoms with Crippen LogP contribution in [0.3, 0.4) is 0 Å². The molecule has 0 radical (unpaired) electrons. The molecular formula is C13H20FN3O2S. The molecule has 1 fully saturated rings. The molecule has 0 amide bonds. The smallest absolute Gasteiger partial charge is 0.242 e. The summed E-state index contributed by atoms with van der Waals surface area (Å²) in [6.07, 6.45) is 0.967. The Hall–Kier alpha value is -1.18. The van der Waals surface area contributed by atoms with Crippen molar-refractivity contribution < 1.29 is 12.8 Å². The van der Waals surface area contributed by atoms with E-state index in [0.29, 0.717) is 12.5 Å². The van der Waals surface area contributed by atoms with Crippen LogP contribution in [0.4, 0.5) is 10.1 Å². The number of sulfonamides is 1. The molecule has 0 bridgehead atoms. The monoisotopic (exact) mass is 301 g/mol. The zero-order chi connectivity index (χ0) is 14.8. The number of likely N-dealkylation sites (tertiary alicyclic amines) is 1. The SMILES string of the molecule is CCN1CCC(CNS(=O)(=O)c2cccc(F)c2N)C1. The molecule has 112 valence electrons. The molecule has 5 nitrogen and oxygen atoms in total. The summed E-state index contributed by atoms with van der Waals surface area (Å²) >= 11 is 0. The zero-order valence-corrected chi connectivity index (χ0v) is 12.3. The van der Waals surface area contributed by atoms with Gasteiger partial charge in [-0.15, -0.1) is 0 Å². The summed E-state index contributed by atoms with van der Waals surface area (Å²) in [5, 5.41) is 0. The van der Waals surface area contributed by atoms with E-state index < -0.39 is 15.8 Å². The van der Waals surface area contributed by atoms with Gasteiger partial charge in [0.2, 0.25) is 10.0 Å². The normalized spacial score (nSPS) is 20.4. The topological polar surface area (TPSA) is 75.4 Å². The summed E-state index contributed by atoms with van der Waals surface area (Å²) in [5.41, 5.74) is 5.16. The molecule has 3 N–H and O–H groups in total. The van der Waals surface area contributed by atoms with Gasteiger partial charge in [-0.05, 0) is 37.6 Å². The number of hydrogen-bond acceptors (Lipinski definition) is 4. The molecule has 2 rings (SSSR count). The highest BCUT2D eigenvalue weighted by Gasteiger charge is 2.25. The van der Waals surface area contributed by atoms with Crippen molar-refractivity contribution in [3.8, 4) is 0 Å². The van der Waals surface area contributed by atoms with E-state index in [2.05, 4.69) is 16.5 Å². The van der Waals surface area contributed by atoms with E-state index in [1.165, 1.54) is 12.1 Å². The van der Waals surface area contributed by atoms with Crippen LogP contribution in [-0.4, -0.2) is 39.5 Å². The first kappa shape index (κ1) is 15.2. The minimum Gasteiger partial charge on any atom is -0.395 e. The van der Waals surface area contributed by atoms with Crippen LogP contribution in [0.25, 0.3) is 0 Å². The zero-order valence-electron chi connectivity index (χ0n) is 11.5. The van der Waals surface area contributed by atoms with Crippen molar-refractivity contribution >= 4 is 15.7 Å². The Morgan fingerprint density at radius 3 is 2.90 bits per heavy atom. The number of nitrogen functional groups attached to an aromatic ring is 1. The second kappa shape index (κ2) is 6.07. The van der Waals surface area contributed by atoms with Gasteiger partial charge in [-0.2, -0.15) is 0 Å². The van der Waals surface area contributed by atoms with Crippen molar-refractivity contribution in [3.05, 3.63) is 24.0 Å². The van der Waals surface area contributed by atoms with Gasteiger partial charge in [0.1, 0.15) is 10.7 Å². The fourth-order valence-electron chi connectivity index (χ4n) is 2.42. The first-order chi connectivity index (χ1) is 9.44. The van der Waals surface area contributed by atoms with Crippen molar-refractivity contribution in [1.82, 2.24) is 9.62 Å². The minimum atomic E-state index is -3.76. The fourth-order valence-corrected chi connectivity index (χ4v) is 3.68. The van der Waals surface area contributed by atoms with Crippen molar-refractivity contribution in [2.24, 2.45) is 5.92 Å². The summed E-state index contributed by atoms with van der Waals surface area (Å²) < 4.78 is 40.1. The molecule has 0 aliphatic carbocycles. The van der Waals surface area contributed by atoms with E-state index in [1.807, 2.05) is 0 Å². The molecule has 7 heteroatoms. The van der Waals surface area contributed by atoms with Crippen LogP contribution in [0, 0.1) is 11.7 Å². The van der Waals surface area contributed by atoms with Crippen LogP contribution in [0.2, 0.25) is 0 Å².